The van der Waals surface area contributed by atoms with Gasteiger partial charge in [0.05, 0.1) is 22.8 Å². The molecule has 0 aliphatic carbocycles. The third-order valence-electron chi connectivity index (χ3n) is 9.50. The maximum absolute atomic E-state index is 5.56. The van der Waals surface area contributed by atoms with Crippen LogP contribution in [0.5, 0.6) is 0 Å². The first-order valence-corrected chi connectivity index (χ1v) is 20.5. The minimum Gasteiger partial charge on any atom is -0.252 e. The molecule has 0 saturated carbocycles. The number of aliphatic imine (C=N–C) groups is 2. The quantitative estimate of drug-likeness (QED) is 0.0479. The van der Waals surface area contributed by atoms with E-state index in [1.165, 1.54) is 156 Å². The van der Waals surface area contributed by atoms with Gasteiger partial charge in [-0.2, -0.15) is 0 Å². The van der Waals surface area contributed by atoms with Crippen LogP contribution in [0.4, 0.5) is 11.4 Å². The summed E-state index contributed by atoms with van der Waals surface area (Å²) < 4.78 is 0. The number of hydrogen-bond acceptors (Lipinski definition) is 2. The molecule has 2 aromatic rings. The normalized spacial score (nSPS) is 12.0. The molecule has 3 heteroatoms. The molecule has 0 bridgehead atoms. The van der Waals surface area contributed by atoms with Crippen molar-refractivity contribution < 1.29 is 16.5 Å². The Morgan fingerprint density at radius 2 is 0.625 bits per heavy atom. The van der Waals surface area contributed by atoms with Gasteiger partial charge in [0.25, 0.3) is 0 Å². The van der Waals surface area contributed by atoms with Gasteiger partial charge in [-0.1, -0.05) is 137 Å². The van der Waals surface area contributed by atoms with Crippen molar-refractivity contribution in [3.63, 3.8) is 0 Å². The first kappa shape index (κ1) is 44.3. The molecule has 0 radical (unpaired) electrons. The second kappa shape index (κ2) is 29.0. The van der Waals surface area contributed by atoms with Gasteiger partial charge >= 0.3 is 0 Å². The Labute approximate surface area is 308 Å². The topological polar surface area (TPSA) is 24.7 Å². The van der Waals surface area contributed by atoms with E-state index in [1.807, 2.05) is 0 Å². The standard InChI is InChI=1S/C45H74N2.Ni/c1-7-13-19-25-31-45(47-43-36-40(28-22-16-10-4)33-41(37-43)29-23-17-11-5)44(30-24-18-12-6)46-42-34-38(26-20-14-8-2)32-39(35-42)27-21-15-9-3;/h32-37H,7-31H2,1-6H3;/b46-44+,47-45+;. The van der Waals surface area contributed by atoms with E-state index < -0.39 is 0 Å². The van der Waals surface area contributed by atoms with Gasteiger partial charge in [0, 0.05) is 16.5 Å². The third-order valence-corrected chi connectivity index (χ3v) is 9.50. The molecule has 0 aliphatic heterocycles. The van der Waals surface area contributed by atoms with Gasteiger partial charge in [-0.3, -0.25) is 9.98 Å². The Morgan fingerprint density at radius 1 is 0.354 bits per heavy atom. The largest absolute Gasteiger partial charge is 0.252 e. The van der Waals surface area contributed by atoms with Gasteiger partial charge in [0.1, 0.15) is 0 Å². The van der Waals surface area contributed by atoms with Crippen molar-refractivity contribution in [1.29, 1.82) is 0 Å². The van der Waals surface area contributed by atoms with Crippen molar-refractivity contribution in [2.24, 2.45) is 9.98 Å². The minimum atomic E-state index is 0. The van der Waals surface area contributed by atoms with E-state index in [4.69, 9.17) is 9.98 Å². The summed E-state index contributed by atoms with van der Waals surface area (Å²) in [7, 11) is 0. The van der Waals surface area contributed by atoms with Crippen LogP contribution in [0, 0.1) is 0 Å². The maximum Gasteiger partial charge on any atom is 0.0639 e. The molecule has 0 fully saturated rings. The first-order chi connectivity index (χ1) is 23.1. The molecule has 0 amide bonds. The summed E-state index contributed by atoms with van der Waals surface area (Å²) in [4.78, 5) is 11.1. The Kier molecular flexibility index (Phi) is 26.8. The number of nitrogens with zero attached hydrogens (tertiary/aromatic N) is 2. The van der Waals surface area contributed by atoms with Crippen LogP contribution in [0.3, 0.4) is 0 Å². The maximum atomic E-state index is 5.56. The number of rotatable bonds is 28. The molecule has 48 heavy (non-hydrogen) atoms. The number of unbranched alkanes of at least 4 members (excludes halogenated alkanes) is 13. The molecule has 2 aromatic carbocycles. The minimum absolute atomic E-state index is 0. The number of benzene rings is 2. The van der Waals surface area contributed by atoms with E-state index in [0.29, 0.717) is 0 Å². The monoisotopic (exact) mass is 701 g/mol. The van der Waals surface area contributed by atoms with Crippen LogP contribution >= 0.6 is 0 Å². The molecule has 2 nitrogen and oxygen atoms in total. The Bertz CT molecular complexity index is 1090. The molecule has 0 spiro atoms. The van der Waals surface area contributed by atoms with Crippen molar-refractivity contribution in [1.82, 2.24) is 0 Å². The molecular weight excluding hydrogens is 627 g/mol. The molecule has 2 rings (SSSR count). The van der Waals surface area contributed by atoms with Crippen LogP contribution < -0.4 is 0 Å². The smallest absolute Gasteiger partial charge is 0.0639 e. The van der Waals surface area contributed by atoms with Gasteiger partial charge in [-0.15, -0.1) is 0 Å². The van der Waals surface area contributed by atoms with Gasteiger partial charge in [-0.25, -0.2) is 0 Å². The SMILES string of the molecule is CCCCCCC(=N\c1cc(CCCCC)cc(CCCCC)c1)/C(CCCCC)=N/c1cc(CCCCC)cc(CCCCC)c1.[Ni]. The summed E-state index contributed by atoms with van der Waals surface area (Å²) in [5, 5.41) is 0. The molecule has 274 valence electrons. The van der Waals surface area contributed by atoms with E-state index >= 15 is 0 Å². The van der Waals surface area contributed by atoms with Crippen molar-refractivity contribution in [3.05, 3.63) is 58.7 Å². The number of hydrogen-bond donors (Lipinski definition) is 0. The average Bonchev–Trinajstić information content (AvgIpc) is 3.06. The molecule has 0 N–H and O–H groups in total. The van der Waals surface area contributed by atoms with Crippen molar-refractivity contribution in [3.8, 4) is 0 Å². The summed E-state index contributed by atoms with van der Waals surface area (Å²) in [5.41, 5.74) is 10.7. The van der Waals surface area contributed by atoms with Crippen LogP contribution in [-0.4, -0.2) is 11.4 Å². The fourth-order valence-corrected chi connectivity index (χ4v) is 6.61. The van der Waals surface area contributed by atoms with Crippen molar-refractivity contribution >= 4 is 22.8 Å². The fourth-order valence-electron chi connectivity index (χ4n) is 6.61. The second-order valence-electron chi connectivity index (χ2n) is 14.2. The molecule has 0 aromatic heterocycles. The van der Waals surface area contributed by atoms with E-state index in [2.05, 4.69) is 77.9 Å². The predicted molar refractivity (Wildman–Crippen MR) is 213 cm³/mol. The van der Waals surface area contributed by atoms with Gasteiger partial charge in [0.15, 0.2) is 0 Å². The average molecular weight is 702 g/mol. The number of aryl methyl sites for hydroxylation is 4. The predicted octanol–water partition coefficient (Wildman–Crippen LogP) is 15.0. The molecule has 0 aliphatic rings. The second-order valence-corrected chi connectivity index (χ2v) is 14.2. The molecule has 0 atom stereocenters. The zero-order valence-electron chi connectivity index (χ0n) is 32.4. The zero-order valence-corrected chi connectivity index (χ0v) is 33.3. The Hall–Kier alpha value is -1.73. The van der Waals surface area contributed by atoms with Crippen LogP contribution in [0.15, 0.2) is 46.4 Å². The Balaban J connectivity index is 0.0000115. The van der Waals surface area contributed by atoms with Gasteiger partial charge in [0.2, 0.25) is 0 Å². The van der Waals surface area contributed by atoms with Gasteiger partial charge in [-0.05, 0) is 124 Å². The molecule has 0 heterocycles. The fraction of sp³-hybridized carbons (Fsp3) is 0.689. The van der Waals surface area contributed by atoms with Crippen molar-refractivity contribution in [2.45, 2.75) is 202 Å². The molecular formula is C45H74N2Ni. The van der Waals surface area contributed by atoms with Crippen molar-refractivity contribution in [2.75, 3.05) is 0 Å². The summed E-state index contributed by atoms with van der Waals surface area (Å²) >= 11 is 0. The van der Waals surface area contributed by atoms with E-state index in [0.717, 1.165) is 49.9 Å². The van der Waals surface area contributed by atoms with E-state index in [-0.39, 0.29) is 16.5 Å². The van der Waals surface area contributed by atoms with E-state index in [9.17, 15) is 0 Å². The summed E-state index contributed by atoms with van der Waals surface area (Å²) in [6.45, 7) is 13.8. The zero-order chi connectivity index (χ0) is 34.0. The summed E-state index contributed by atoms with van der Waals surface area (Å²) in [6, 6.07) is 14.5. The van der Waals surface area contributed by atoms with Crippen LogP contribution in [-0.2, 0) is 42.2 Å². The van der Waals surface area contributed by atoms with E-state index in [1.54, 1.807) is 0 Å². The third kappa shape index (κ3) is 19.5. The first-order valence-electron chi connectivity index (χ1n) is 20.5. The van der Waals surface area contributed by atoms with Crippen LogP contribution in [0.25, 0.3) is 0 Å². The van der Waals surface area contributed by atoms with Crippen LogP contribution in [0.1, 0.15) is 199 Å². The summed E-state index contributed by atoms with van der Waals surface area (Å²) in [5.74, 6) is 0. The molecule has 0 saturated heterocycles. The molecule has 0 unspecified atom stereocenters. The van der Waals surface area contributed by atoms with Gasteiger partial charge < -0.3 is 0 Å². The summed E-state index contributed by atoms with van der Waals surface area (Å²) in [6.07, 6.45) is 30.7. The van der Waals surface area contributed by atoms with Crippen LogP contribution in [0.2, 0.25) is 0 Å². The Morgan fingerprint density at radius 3 is 0.938 bits per heavy atom.